The molecule has 0 aromatic heterocycles. The van der Waals surface area contributed by atoms with Crippen LogP contribution in [0.2, 0.25) is 0 Å². The summed E-state index contributed by atoms with van der Waals surface area (Å²) >= 11 is 4.01. The van der Waals surface area contributed by atoms with E-state index in [2.05, 4.69) is 21.2 Å². The summed E-state index contributed by atoms with van der Waals surface area (Å²) in [4.78, 5) is 26.4. The highest BCUT2D eigenvalue weighted by Crippen LogP contribution is 2.65. The molecule has 130 valence electrons. The van der Waals surface area contributed by atoms with E-state index in [-0.39, 0.29) is 28.1 Å². The number of nitrogens with one attached hydrogen (secondary N) is 1. The Labute approximate surface area is 147 Å². The van der Waals surface area contributed by atoms with Crippen LogP contribution in [0.5, 0.6) is 0 Å². The van der Waals surface area contributed by atoms with Gasteiger partial charge in [0, 0.05) is 23.8 Å². The van der Waals surface area contributed by atoms with Gasteiger partial charge in [0.2, 0.25) is 11.8 Å². The number of carbonyl (C=O) groups is 2. The molecule has 4 fully saturated rings. The number of amides is 2. The van der Waals surface area contributed by atoms with E-state index < -0.39 is 0 Å². The Morgan fingerprint density at radius 1 is 1.17 bits per heavy atom. The van der Waals surface area contributed by atoms with E-state index in [4.69, 9.17) is 0 Å². The van der Waals surface area contributed by atoms with Crippen LogP contribution in [0.4, 0.5) is 0 Å². The van der Waals surface area contributed by atoms with Gasteiger partial charge in [-0.05, 0) is 69.6 Å². The number of alkyl halides is 1. The maximum atomic E-state index is 12.8. The van der Waals surface area contributed by atoms with Crippen molar-refractivity contribution < 1.29 is 9.59 Å². The van der Waals surface area contributed by atoms with Gasteiger partial charge >= 0.3 is 0 Å². The molecule has 4 aliphatic rings. The minimum atomic E-state index is -0.0508. The van der Waals surface area contributed by atoms with Crippen molar-refractivity contribution in [2.24, 2.45) is 17.3 Å². The van der Waals surface area contributed by atoms with Gasteiger partial charge in [0.25, 0.3) is 0 Å². The lowest BCUT2D eigenvalue weighted by Crippen LogP contribution is -2.54. The van der Waals surface area contributed by atoms with Gasteiger partial charge in [0.15, 0.2) is 0 Å². The highest BCUT2D eigenvalue weighted by atomic mass is 79.9. The quantitative estimate of drug-likeness (QED) is 0.715. The van der Waals surface area contributed by atoms with Crippen molar-refractivity contribution in [3.8, 4) is 0 Å². The summed E-state index contributed by atoms with van der Waals surface area (Å²) in [6.07, 6.45) is 8.12. The molecule has 4 saturated carbocycles. The van der Waals surface area contributed by atoms with Crippen molar-refractivity contribution in [1.29, 1.82) is 0 Å². The van der Waals surface area contributed by atoms with Gasteiger partial charge in [0.1, 0.15) is 0 Å². The number of likely N-dealkylation sites (N-methyl/N-ethyl adjacent to an activating group) is 2. The van der Waals surface area contributed by atoms with Crippen LogP contribution in [0.3, 0.4) is 0 Å². The molecule has 0 saturated heterocycles. The molecule has 5 heteroatoms. The first-order valence-corrected chi connectivity index (χ1v) is 9.90. The molecule has 0 spiro atoms. The number of carbonyl (C=O) groups excluding carboxylic acids is 2. The molecule has 2 unspecified atom stereocenters. The first-order valence-electron chi connectivity index (χ1n) is 9.10. The number of hydrogen-bond donors (Lipinski definition) is 1. The second kappa shape index (κ2) is 6.38. The van der Waals surface area contributed by atoms with E-state index in [0.29, 0.717) is 19.5 Å². The molecule has 4 rings (SSSR count). The first-order chi connectivity index (χ1) is 10.9. The van der Waals surface area contributed by atoms with Gasteiger partial charge in [-0.3, -0.25) is 9.59 Å². The molecule has 0 aromatic carbocycles. The van der Waals surface area contributed by atoms with Crippen molar-refractivity contribution in [3.63, 3.8) is 0 Å². The van der Waals surface area contributed by atoms with Gasteiger partial charge in [-0.25, -0.2) is 0 Å². The smallest absolute Gasteiger partial charge is 0.239 e. The zero-order valence-corrected chi connectivity index (χ0v) is 16.0. The number of halogens is 1. The fraction of sp³-hybridized carbons (Fsp3) is 0.889. The maximum Gasteiger partial charge on any atom is 0.239 e. The molecule has 0 radical (unpaired) electrons. The van der Waals surface area contributed by atoms with Crippen molar-refractivity contribution in [1.82, 2.24) is 10.2 Å². The van der Waals surface area contributed by atoms with E-state index in [9.17, 15) is 9.59 Å². The number of rotatable bonds is 6. The Hall–Kier alpha value is -0.580. The molecule has 0 aromatic rings. The fourth-order valence-electron chi connectivity index (χ4n) is 5.78. The normalized spacial score (nSPS) is 37.7. The Kier molecular flexibility index (Phi) is 4.78. The van der Waals surface area contributed by atoms with Crippen LogP contribution in [0.15, 0.2) is 0 Å². The van der Waals surface area contributed by atoms with E-state index in [1.807, 2.05) is 13.8 Å². The van der Waals surface area contributed by atoms with Crippen LogP contribution in [-0.4, -0.2) is 40.7 Å². The molecule has 2 atom stereocenters. The highest BCUT2D eigenvalue weighted by molar-refractivity contribution is 9.10. The molecule has 4 bridgehead atoms. The molecule has 4 nitrogen and oxygen atoms in total. The second-order valence-electron chi connectivity index (χ2n) is 8.15. The van der Waals surface area contributed by atoms with Crippen molar-refractivity contribution >= 4 is 27.7 Å². The van der Waals surface area contributed by atoms with E-state index in [1.54, 1.807) is 4.90 Å². The van der Waals surface area contributed by atoms with Gasteiger partial charge in [-0.15, -0.1) is 0 Å². The monoisotopic (exact) mass is 384 g/mol. The molecule has 2 amide bonds. The lowest BCUT2D eigenvalue weighted by molar-refractivity contribution is -0.141. The van der Waals surface area contributed by atoms with Crippen LogP contribution in [0.1, 0.15) is 58.8 Å². The molecule has 1 N–H and O–H groups in total. The summed E-state index contributed by atoms with van der Waals surface area (Å²) < 4.78 is 0.286. The SMILES string of the molecule is CCNC(=O)CN(CC)C(=O)CC12CC3CC(CC(Br)(C3)C1)C2. The molecular weight excluding hydrogens is 356 g/mol. The van der Waals surface area contributed by atoms with E-state index in [0.717, 1.165) is 18.3 Å². The van der Waals surface area contributed by atoms with Crippen molar-refractivity contribution in [2.45, 2.75) is 63.1 Å². The summed E-state index contributed by atoms with van der Waals surface area (Å²) in [6, 6.07) is 0. The summed E-state index contributed by atoms with van der Waals surface area (Å²) in [6.45, 7) is 5.29. The second-order valence-corrected chi connectivity index (χ2v) is 9.83. The largest absolute Gasteiger partial charge is 0.355 e. The predicted molar refractivity (Wildman–Crippen MR) is 94.3 cm³/mol. The standard InChI is InChI=1S/C18H29BrN2O2/c1-3-20-15(22)11-21(4-2)16(23)10-17-6-13-5-14(7-17)9-18(19,8-13)12-17/h13-14H,3-12H2,1-2H3,(H,20,22). The van der Waals surface area contributed by atoms with Crippen LogP contribution < -0.4 is 5.32 Å². The molecule has 0 aliphatic heterocycles. The third-order valence-electron chi connectivity index (χ3n) is 6.08. The molecular formula is C18H29BrN2O2. The fourth-order valence-corrected chi connectivity index (χ4v) is 7.29. The van der Waals surface area contributed by atoms with Gasteiger partial charge in [-0.1, -0.05) is 15.9 Å². The zero-order chi connectivity index (χ0) is 16.7. The lowest BCUT2D eigenvalue weighted by atomic mass is 9.48. The topological polar surface area (TPSA) is 49.4 Å². The third kappa shape index (κ3) is 3.59. The van der Waals surface area contributed by atoms with Gasteiger partial charge in [-0.2, -0.15) is 0 Å². The zero-order valence-electron chi connectivity index (χ0n) is 14.4. The third-order valence-corrected chi connectivity index (χ3v) is 7.01. The highest BCUT2D eigenvalue weighted by Gasteiger charge is 2.57. The Bertz CT molecular complexity index is 479. The predicted octanol–water partition coefficient (Wildman–Crippen LogP) is 3.10. The lowest BCUT2D eigenvalue weighted by Gasteiger charge is -2.60. The van der Waals surface area contributed by atoms with Crippen LogP contribution >= 0.6 is 15.9 Å². The Morgan fingerprint density at radius 2 is 1.83 bits per heavy atom. The summed E-state index contributed by atoms with van der Waals surface area (Å²) in [7, 11) is 0. The average Bonchev–Trinajstić information content (AvgIpc) is 2.41. The van der Waals surface area contributed by atoms with Crippen LogP contribution in [-0.2, 0) is 9.59 Å². The Balaban J connectivity index is 1.66. The van der Waals surface area contributed by atoms with E-state index >= 15 is 0 Å². The Morgan fingerprint density at radius 3 is 2.35 bits per heavy atom. The first kappa shape index (κ1) is 17.2. The summed E-state index contributed by atoms with van der Waals surface area (Å²) in [5.74, 6) is 1.70. The van der Waals surface area contributed by atoms with E-state index in [1.165, 1.54) is 32.1 Å². The van der Waals surface area contributed by atoms with Crippen LogP contribution in [0, 0.1) is 17.3 Å². The number of nitrogens with zero attached hydrogens (tertiary/aromatic N) is 1. The minimum Gasteiger partial charge on any atom is -0.355 e. The van der Waals surface area contributed by atoms with Gasteiger partial charge in [0.05, 0.1) is 6.54 Å². The summed E-state index contributed by atoms with van der Waals surface area (Å²) in [5.41, 5.74) is 0.180. The average molecular weight is 385 g/mol. The molecule has 23 heavy (non-hydrogen) atoms. The molecule has 0 heterocycles. The van der Waals surface area contributed by atoms with Gasteiger partial charge < -0.3 is 10.2 Å². The summed E-state index contributed by atoms with van der Waals surface area (Å²) in [5, 5.41) is 2.79. The molecule has 4 aliphatic carbocycles. The minimum absolute atomic E-state index is 0.0508. The van der Waals surface area contributed by atoms with Crippen molar-refractivity contribution in [2.75, 3.05) is 19.6 Å². The number of hydrogen-bond acceptors (Lipinski definition) is 2. The van der Waals surface area contributed by atoms with Crippen molar-refractivity contribution in [3.05, 3.63) is 0 Å². The van der Waals surface area contributed by atoms with Crippen LogP contribution in [0.25, 0.3) is 0 Å². The maximum absolute atomic E-state index is 12.8.